The minimum atomic E-state index is -0.539. The van der Waals surface area contributed by atoms with Gasteiger partial charge in [-0.15, -0.1) is 0 Å². The molecule has 104 valence electrons. The molecule has 1 heterocycles. The maximum absolute atomic E-state index is 9.74. The third-order valence-corrected chi connectivity index (χ3v) is 3.50. The van der Waals surface area contributed by atoms with Gasteiger partial charge in [-0.05, 0) is 42.7 Å². The van der Waals surface area contributed by atoms with Crippen LogP contribution in [-0.4, -0.2) is 20.4 Å². The first kappa shape index (κ1) is 12.5. The molecule has 1 aliphatic heterocycles. The highest BCUT2D eigenvalue weighted by Gasteiger charge is 2.24. The summed E-state index contributed by atoms with van der Waals surface area (Å²) in [5.41, 5.74) is 1.34. The van der Waals surface area contributed by atoms with Gasteiger partial charge in [0.15, 0.2) is 17.2 Å². The molecule has 1 aliphatic rings. The zero-order valence-electron chi connectivity index (χ0n) is 10.6. The Hall–Kier alpha value is -2.56. The van der Waals surface area contributed by atoms with Gasteiger partial charge in [0.1, 0.15) is 17.6 Å². The summed E-state index contributed by atoms with van der Waals surface area (Å²) in [7, 11) is 0. The number of rotatable bonds is 1. The van der Waals surface area contributed by atoms with Gasteiger partial charge >= 0.3 is 0 Å². The van der Waals surface area contributed by atoms with Crippen LogP contribution < -0.4 is 4.74 Å². The summed E-state index contributed by atoms with van der Waals surface area (Å²) in [5, 5.41) is 38.2. The van der Waals surface area contributed by atoms with Gasteiger partial charge in [-0.25, -0.2) is 0 Å². The fourth-order valence-corrected chi connectivity index (χ4v) is 2.45. The van der Waals surface area contributed by atoms with Crippen molar-refractivity contribution in [2.45, 2.75) is 18.9 Å². The number of fused-ring (bicyclic) bond motifs is 1. The molecule has 1 unspecified atom stereocenters. The quantitative estimate of drug-likeness (QED) is 0.600. The molecule has 2 aromatic rings. The number of phenolic OH excluding ortho intramolecular Hbond substituents is 4. The Morgan fingerprint density at radius 1 is 0.950 bits per heavy atom. The van der Waals surface area contributed by atoms with Crippen LogP contribution in [0, 0.1) is 0 Å². The monoisotopic (exact) mass is 274 g/mol. The van der Waals surface area contributed by atoms with Crippen molar-refractivity contribution in [3.63, 3.8) is 0 Å². The third kappa shape index (κ3) is 1.97. The first-order valence-electron chi connectivity index (χ1n) is 6.28. The van der Waals surface area contributed by atoms with Crippen LogP contribution in [0.1, 0.15) is 23.7 Å². The molecule has 0 fully saturated rings. The summed E-state index contributed by atoms with van der Waals surface area (Å²) in [5.74, 6) is -0.510. The van der Waals surface area contributed by atoms with Gasteiger partial charge in [0.05, 0.1) is 0 Å². The molecule has 1 atom stereocenters. The van der Waals surface area contributed by atoms with E-state index in [0.717, 1.165) is 5.56 Å². The largest absolute Gasteiger partial charge is 0.508 e. The van der Waals surface area contributed by atoms with Crippen molar-refractivity contribution < 1.29 is 25.2 Å². The van der Waals surface area contributed by atoms with Crippen molar-refractivity contribution in [2.75, 3.05) is 0 Å². The zero-order valence-corrected chi connectivity index (χ0v) is 10.6. The second kappa shape index (κ2) is 4.52. The minimum Gasteiger partial charge on any atom is -0.508 e. The molecule has 0 amide bonds. The summed E-state index contributed by atoms with van der Waals surface area (Å²) in [6.07, 6.45) is 0.894. The third-order valence-electron chi connectivity index (χ3n) is 3.50. The van der Waals surface area contributed by atoms with Crippen LogP contribution in [0.4, 0.5) is 0 Å². The van der Waals surface area contributed by atoms with E-state index in [4.69, 9.17) is 4.74 Å². The van der Waals surface area contributed by atoms with Crippen molar-refractivity contribution in [3.8, 4) is 28.7 Å². The van der Waals surface area contributed by atoms with Gasteiger partial charge in [-0.3, -0.25) is 0 Å². The molecule has 4 N–H and O–H groups in total. The van der Waals surface area contributed by atoms with Gasteiger partial charge in [0.25, 0.3) is 0 Å². The van der Waals surface area contributed by atoms with Crippen LogP contribution in [0.25, 0.3) is 0 Å². The van der Waals surface area contributed by atoms with Crippen molar-refractivity contribution in [1.82, 2.24) is 0 Å². The Morgan fingerprint density at radius 3 is 2.35 bits per heavy atom. The predicted molar refractivity (Wildman–Crippen MR) is 71.2 cm³/mol. The molecule has 0 aliphatic carbocycles. The fraction of sp³-hybridized carbons (Fsp3) is 0.200. The van der Waals surface area contributed by atoms with Crippen LogP contribution in [0.3, 0.4) is 0 Å². The maximum Gasteiger partial charge on any atom is 0.200 e. The molecule has 0 aromatic heterocycles. The van der Waals surface area contributed by atoms with E-state index in [1.807, 2.05) is 0 Å². The molecule has 5 heteroatoms. The van der Waals surface area contributed by atoms with E-state index in [1.54, 1.807) is 18.2 Å². The Kier molecular flexibility index (Phi) is 2.82. The molecular weight excluding hydrogens is 260 g/mol. The Balaban J connectivity index is 1.94. The molecule has 5 nitrogen and oxygen atoms in total. The van der Waals surface area contributed by atoms with Gasteiger partial charge in [0.2, 0.25) is 0 Å². The average molecular weight is 274 g/mol. The van der Waals surface area contributed by atoms with E-state index in [1.165, 1.54) is 12.1 Å². The highest BCUT2D eigenvalue weighted by atomic mass is 16.5. The summed E-state index contributed by atoms with van der Waals surface area (Å²) in [4.78, 5) is 0. The predicted octanol–water partition coefficient (Wildman–Crippen LogP) is 2.58. The SMILES string of the molecule is Oc1cc(C2CCc3c(O)cccc3O2)cc(O)c1O. The lowest BCUT2D eigenvalue weighted by Crippen LogP contribution is -2.15. The van der Waals surface area contributed by atoms with E-state index in [9.17, 15) is 20.4 Å². The number of hydrogen-bond acceptors (Lipinski definition) is 5. The molecule has 0 spiro atoms. The van der Waals surface area contributed by atoms with Gasteiger partial charge in [0, 0.05) is 5.56 Å². The lowest BCUT2D eigenvalue weighted by molar-refractivity contribution is 0.174. The van der Waals surface area contributed by atoms with E-state index >= 15 is 0 Å². The molecular formula is C15H14O5. The van der Waals surface area contributed by atoms with Crippen LogP contribution >= 0.6 is 0 Å². The number of benzene rings is 2. The highest BCUT2D eigenvalue weighted by molar-refractivity contribution is 5.52. The van der Waals surface area contributed by atoms with Gasteiger partial charge in [-0.1, -0.05) is 6.07 Å². The lowest BCUT2D eigenvalue weighted by Gasteiger charge is -2.27. The summed E-state index contributed by atoms with van der Waals surface area (Å²) in [6.45, 7) is 0. The second-order valence-electron chi connectivity index (χ2n) is 4.81. The maximum atomic E-state index is 9.74. The van der Waals surface area contributed by atoms with E-state index < -0.39 is 5.75 Å². The molecule has 0 bridgehead atoms. The topological polar surface area (TPSA) is 90.2 Å². The summed E-state index contributed by atoms with van der Waals surface area (Å²) >= 11 is 0. The highest BCUT2D eigenvalue weighted by Crippen LogP contribution is 2.42. The molecule has 2 aromatic carbocycles. The number of phenols is 4. The molecule has 0 saturated heterocycles. The van der Waals surface area contributed by atoms with Crippen LogP contribution in [-0.2, 0) is 6.42 Å². The van der Waals surface area contributed by atoms with E-state index in [0.29, 0.717) is 24.2 Å². The average Bonchev–Trinajstić information content (AvgIpc) is 2.44. The van der Waals surface area contributed by atoms with Crippen molar-refractivity contribution in [3.05, 3.63) is 41.5 Å². The van der Waals surface area contributed by atoms with E-state index in [2.05, 4.69) is 0 Å². The number of aromatic hydroxyl groups is 4. The Bertz CT molecular complexity index is 642. The first-order chi connectivity index (χ1) is 9.56. The van der Waals surface area contributed by atoms with Crippen molar-refractivity contribution in [1.29, 1.82) is 0 Å². The number of hydrogen-bond donors (Lipinski definition) is 4. The molecule has 0 saturated carbocycles. The van der Waals surface area contributed by atoms with Gasteiger partial charge < -0.3 is 25.2 Å². The first-order valence-corrected chi connectivity index (χ1v) is 6.28. The van der Waals surface area contributed by atoms with E-state index in [-0.39, 0.29) is 23.4 Å². The van der Waals surface area contributed by atoms with Crippen LogP contribution in [0.15, 0.2) is 30.3 Å². The van der Waals surface area contributed by atoms with Crippen LogP contribution in [0.2, 0.25) is 0 Å². The lowest BCUT2D eigenvalue weighted by atomic mass is 9.96. The standard InChI is InChI=1S/C15H14O5/c16-10-2-1-3-14-9(10)4-5-13(20-14)8-6-11(17)15(19)12(18)7-8/h1-3,6-7,13,16-19H,4-5H2. The van der Waals surface area contributed by atoms with Gasteiger partial charge in [-0.2, -0.15) is 0 Å². The smallest absolute Gasteiger partial charge is 0.200 e. The number of ether oxygens (including phenoxy) is 1. The molecule has 20 heavy (non-hydrogen) atoms. The molecule has 3 rings (SSSR count). The molecule has 0 radical (unpaired) electrons. The second-order valence-corrected chi connectivity index (χ2v) is 4.81. The van der Waals surface area contributed by atoms with Crippen molar-refractivity contribution >= 4 is 0 Å². The minimum absolute atomic E-state index is 0.206. The normalized spacial score (nSPS) is 17.3. The Labute approximate surface area is 115 Å². The summed E-state index contributed by atoms with van der Waals surface area (Å²) in [6, 6.07) is 7.81. The fourth-order valence-electron chi connectivity index (χ4n) is 2.45. The zero-order chi connectivity index (χ0) is 14.3. The van der Waals surface area contributed by atoms with Crippen LogP contribution in [0.5, 0.6) is 28.7 Å². The van der Waals surface area contributed by atoms with Crippen molar-refractivity contribution in [2.24, 2.45) is 0 Å². The summed E-state index contributed by atoms with van der Waals surface area (Å²) < 4.78 is 5.78. The Morgan fingerprint density at radius 2 is 1.65 bits per heavy atom.